The summed E-state index contributed by atoms with van der Waals surface area (Å²) in [6, 6.07) is 11.7. The Kier molecular flexibility index (Phi) is 4.07. The van der Waals surface area contributed by atoms with Crippen LogP contribution in [0.25, 0.3) is 0 Å². The minimum atomic E-state index is -0.141. The molecule has 5 heteroatoms. The van der Waals surface area contributed by atoms with Gasteiger partial charge in [-0.1, -0.05) is 18.2 Å². The number of nitrogens with one attached hydrogen (secondary N) is 2. The maximum absolute atomic E-state index is 11.8. The van der Waals surface area contributed by atoms with Crippen LogP contribution < -0.4 is 16.0 Å². The molecule has 2 rings (SSSR count). The van der Waals surface area contributed by atoms with Crippen LogP contribution in [0.2, 0.25) is 0 Å². The van der Waals surface area contributed by atoms with Gasteiger partial charge in [0.05, 0.1) is 0 Å². The Balaban J connectivity index is 1.79. The van der Waals surface area contributed by atoms with Crippen LogP contribution in [0, 0.1) is 0 Å². The van der Waals surface area contributed by atoms with Gasteiger partial charge in [-0.05, 0) is 18.2 Å². The van der Waals surface area contributed by atoms with Gasteiger partial charge in [0.1, 0.15) is 5.69 Å². The number of rotatable bonds is 5. The number of nitrogens with zero attached hydrogens (tertiary/aromatic N) is 1. The number of carbonyl (C=O) groups is 1. The van der Waals surface area contributed by atoms with E-state index in [0.717, 1.165) is 12.2 Å². The Morgan fingerprint density at radius 1 is 1.37 bits per heavy atom. The summed E-state index contributed by atoms with van der Waals surface area (Å²) in [6.45, 7) is 1.31. The predicted molar refractivity (Wildman–Crippen MR) is 77.3 cm³/mol. The van der Waals surface area contributed by atoms with Crippen molar-refractivity contribution >= 4 is 17.3 Å². The quantitative estimate of drug-likeness (QED) is 0.760. The molecule has 0 aliphatic rings. The predicted octanol–water partition coefficient (Wildman–Crippen LogP) is 1.46. The van der Waals surface area contributed by atoms with E-state index in [-0.39, 0.29) is 5.91 Å². The van der Waals surface area contributed by atoms with Crippen molar-refractivity contribution in [3.63, 3.8) is 0 Å². The van der Waals surface area contributed by atoms with Crippen molar-refractivity contribution in [2.24, 2.45) is 0 Å². The van der Waals surface area contributed by atoms with Crippen LogP contribution >= 0.6 is 0 Å². The van der Waals surface area contributed by atoms with E-state index in [4.69, 9.17) is 5.73 Å². The number of likely N-dealkylation sites (N-methyl/N-ethyl adjacent to an activating group) is 1. The molecule has 5 nitrogen and oxygen atoms in total. The number of amides is 1. The summed E-state index contributed by atoms with van der Waals surface area (Å²) in [6.07, 6.45) is 1.60. The van der Waals surface area contributed by atoms with Crippen LogP contribution in [0.15, 0.2) is 42.6 Å². The van der Waals surface area contributed by atoms with Crippen molar-refractivity contribution in [3.8, 4) is 0 Å². The van der Waals surface area contributed by atoms with Gasteiger partial charge in [-0.15, -0.1) is 0 Å². The molecular weight excluding hydrogens is 240 g/mol. The number of hydrogen-bond donors (Lipinski definition) is 3. The lowest BCUT2D eigenvalue weighted by Gasteiger charge is -2.19. The topological polar surface area (TPSA) is 74.2 Å². The fourth-order valence-corrected chi connectivity index (χ4v) is 1.79. The minimum Gasteiger partial charge on any atom is -0.397 e. The fraction of sp³-hybridized carbons (Fsp3) is 0.214. The van der Waals surface area contributed by atoms with Crippen LogP contribution in [-0.4, -0.2) is 31.0 Å². The molecule has 1 amide bonds. The van der Waals surface area contributed by atoms with Crippen molar-refractivity contribution in [2.45, 2.75) is 0 Å². The maximum Gasteiger partial charge on any atom is 0.267 e. The fourth-order valence-electron chi connectivity index (χ4n) is 1.79. The molecule has 100 valence electrons. The molecule has 1 aromatic carbocycles. The zero-order valence-electron chi connectivity index (χ0n) is 10.9. The van der Waals surface area contributed by atoms with Gasteiger partial charge in [0.15, 0.2) is 0 Å². The third kappa shape index (κ3) is 3.51. The number of nitrogens with two attached hydrogens (primary N) is 1. The standard InChI is InChI=1S/C14H18N4O/c1-18(12-5-3-2-4-6-12)8-7-16-14(19)13-9-11(15)10-17-13/h2-6,9-10,17H,7-8,15H2,1H3,(H,16,19). The molecule has 2 aromatic rings. The molecule has 0 atom stereocenters. The Labute approximate surface area is 112 Å². The number of aromatic nitrogens is 1. The Bertz CT molecular complexity index is 535. The smallest absolute Gasteiger partial charge is 0.267 e. The molecule has 19 heavy (non-hydrogen) atoms. The van der Waals surface area contributed by atoms with Crippen LogP contribution in [-0.2, 0) is 0 Å². The Morgan fingerprint density at radius 3 is 2.74 bits per heavy atom. The SMILES string of the molecule is CN(CCNC(=O)c1cc(N)c[nH]1)c1ccccc1. The highest BCUT2D eigenvalue weighted by Gasteiger charge is 2.07. The molecule has 1 aromatic heterocycles. The second-order valence-electron chi connectivity index (χ2n) is 4.36. The van der Waals surface area contributed by atoms with Gasteiger partial charge in [0.25, 0.3) is 5.91 Å². The number of anilines is 2. The number of hydrogen-bond acceptors (Lipinski definition) is 3. The average Bonchev–Trinajstić information content (AvgIpc) is 2.86. The van der Waals surface area contributed by atoms with Crippen LogP contribution in [0.5, 0.6) is 0 Å². The highest BCUT2D eigenvalue weighted by molar-refractivity contribution is 5.93. The van der Waals surface area contributed by atoms with E-state index in [1.54, 1.807) is 12.3 Å². The number of H-pyrrole nitrogens is 1. The first-order valence-electron chi connectivity index (χ1n) is 6.15. The highest BCUT2D eigenvalue weighted by atomic mass is 16.1. The summed E-state index contributed by atoms with van der Waals surface area (Å²) < 4.78 is 0. The zero-order chi connectivity index (χ0) is 13.7. The van der Waals surface area contributed by atoms with Crippen molar-refractivity contribution in [1.82, 2.24) is 10.3 Å². The number of carbonyl (C=O) groups excluding carboxylic acids is 1. The summed E-state index contributed by atoms with van der Waals surface area (Å²) in [5.41, 5.74) is 7.72. The van der Waals surface area contributed by atoms with Crippen molar-refractivity contribution in [1.29, 1.82) is 0 Å². The molecule has 0 spiro atoms. The van der Waals surface area contributed by atoms with Gasteiger partial charge in [-0.2, -0.15) is 0 Å². The third-order valence-electron chi connectivity index (χ3n) is 2.88. The molecule has 1 heterocycles. The minimum absolute atomic E-state index is 0.141. The lowest BCUT2D eigenvalue weighted by Crippen LogP contribution is -2.33. The molecule has 0 aliphatic heterocycles. The van der Waals surface area contributed by atoms with Crippen molar-refractivity contribution in [3.05, 3.63) is 48.3 Å². The van der Waals surface area contributed by atoms with Gasteiger partial charge >= 0.3 is 0 Å². The number of para-hydroxylation sites is 1. The van der Waals surface area contributed by atoms with Crippen molar-refractivity contribution in [2.75, 3.05) is 30.8 Å². The summed E-state index contributed by atoms with van der Waals surface area (Å²) in [5.74, 6) is -0.141. The largest absolute Gasteiger partial charge is 0.397 e. The number of benzene rings is 1. The van der Waals surface area contributed by atoms with E-state index in [9.17, 15) is 4.79 Å². The number of nitrogen functional groups attached to an aromatic ring is 1. The van der Waals surface area contributed by atoms with E-state index < -0.39 is 0 Å². The van der Waals surface area contributed by atoms with Crippen molar-refractivity contribution < 1.29 is 4.79 Å². The molecule has 0 fully saturated rings. The first-order chi connectivity index (χ1) is 9.16. The zero-order valence-corrected chi connectivity index (χ0v) is 10.9. The van der Waals surface area contributed by atoms with E-state index >= 15 is 0 Å². The highest BCUT2D eigenvalue weighted by Crippen LogP contribution is 2.09. The van der Waals surface area contributed by atoms with E-state index in [2.05, 4.69) is 15.2 Å². The first-order valence-corrected chi connectivity index (χ1v) is 6.15. The van der Waals surface area contributed by atoms with E-state index in [0.29, 0.717) is 17.9 Å². The van der Waals surface area contributed by atoms with Gasteiger partial charge in [-0.3, -0.25) is 4.79 Å². The molecule has 0 unspecified atom stereocenters. The monoisotopic (exact) mass is 258 g/mol. The molecule has 0 saturated heterocycles. The maximum atomic E-state index is 11.8. The summed E-state index contributed by atoms with van der Waals surface area (Å²) in [4.78, 5) is 16.7. The third-order valence-corrected chi connectivity index (χ3v) is 2.88. The second-order valence-corrected chi connectivity index (χ2v) is 4.36. The van der Waals surface area contributed by atoms with Gasteiger partial charge in [0, 0.05) is 37.7 Å². The van der Waals surface area contributed by atoms with Crippen LogP contribution in [0.3, 0.4) is 0 Å². The lowest BCUT2D eigenvalue weighted by molar-refractivity contribution is 0.0950. The molecular formula is C14H18N4O. The molecule has 4 N–H and O–H groups in total. The second kappa shape index (κ2) is 5.95. The molecule has 0 bridgehead atoms. The van der Waals surface area contributed by atoms with Crippen LogP contribution in [0.4, 0.5) is 11.4 Å². The molecule has 0 radical (unpaired) electrons. The first kappa shape index (κ1) is 13.0. The Hall–Kier alpha value is -2.43. The van der Waals surface area contributed by atoms with Gasteiger partial charge in [-0.25, -0.2) is 0 Å². The Morgan fingerprint density at radius 2 is 2.11 bits per heavy atom. The lowest BCUT2D eigenvalue weighted by atomic mass is 10.3. The summed E-state index contributed by atoms with van der Waals surface area (Å²) in [5, 5.41) is 2.85. The van der Waals surface area contributed by atoms with Gasteiger partial charge in [0.2, 0.25) is 0 Å². The van der Waals surface area contributed by atoms with E-state index in [1.165, 1.54) is 0 Å². The summed E-state index contributed by atoms with van der Waals surface area (Å²) in [7, 11) is 1.99. The molecule has 0 saturated carbocycles. The normalized spacial score (nSPS) is 10.2. The van der Waals surface area contributed by atoms with Gasteiger partial charge < -0.3 is 20.9 Å². The average molecular weight is 258 g/mol. The van der Waals surface area contributed by atoms with Crippen LogP contribution in [0.1, 0.15) is 10.5 Å². The summed E-state index contributed by atoms with van der Waals surface area (Å²) >= 11 is 0. The molecule has 0 aliphatic carbocycles. The number of aromatic amines is 1. The van der Waals surface area contributed by atoms with E-state index in [1.807, 2.05) is 37.4 Å².